The summed E-state index contributed by atoms with van der Waals surface area (Å²) in [5, 5.41) is 0. The molecule has 0 aromatic heterocycles. The highest BCUT2D eigenvalue weighted by atomic mass is 16.1. The molecule has 0 spiro atoms. The Morgan fingerprint density at radius 2 is 2.07 bits per heavy atom. The van der Waals surface area contributed by atoms with Crippen LogP contribution in [0, 0.1) is 6.92 Å². The first-order chi connectivity index (χ1) is 7.25. The van der Waals surface area contributed by atoms with Crippen LogP contribution in [0.5, 0.6) is 0 Å². The van der Waals surface area contributed by atoms with E-state index in [1.165, 1.54) is 11.3 Å². The molecule has 1 heterocycles. The Morgan fingerprint density at radius 1 is 1.20 bits per heavy atom. The molecule has 0 radical (unpaired) electrons. The van der Waals surface area contributed by atoms with Crippen molar-refractivity contribution in [3.8, 4) is 0 Å². The topological polar surface area (TPSA) is 20.3 Å². The summed E-state index contributed by atoms with van der Waals surface area (Å²) in [6.07, 6.45) is 2.45. The summed E-state index contributed by atoms with van der Waals surface area (Å²) in [5.41, 5.74) is 2.53. The lowest BCUT2D eigenvalue weighted by atomic mass is 10.2. The second kappa shape index (κ2) is 4.47. The van der Waals surface area contributed by atoms with Gasteiger partial charge in [0.2, 0.25) is 0 Å². The first-order valence-corrected chi connectivity index (χ1v) is 5.59. The number of anilines is 1. The molecule has 0 atom stereocenters. The van der Waals surface area contributed by atoms with Crippen molar-refractivity contribution in [2.75, 3.05) is 18.0 Å². The molecule has 2 rings (SSSR count). The number of aryl methyl sites for hydroxylation is 1. The Balaban J connectivity index is 2.13. The summed E-state index contributed by atoms with van der Waals surface area (Å²) in [5.74, 6) is 0.408. The maximum Gasteiger partial charge on any atom is 0.134 e. The molecule has 0 bridgehead atoms. The average molecular weight is 203 g/mol. The minimum atomic E-state index is 0.408. The van der Waals surface area contributed by atoms with Crippen LogP contribution in [0.4, 0.5) is 5.69 Å². The Hall–Kier alpha value is -1.31. The van der Waals surface area contributed by atoms with Crippen molar-refractivity contribution in [3.05, 3.63) is 29.8 Å². The van der Waals surface area contributed by atoms with Gasteiger partial charge in [-0.3, -0.25) is 4.79 Å². The summed E-state index contributed by atoms with van der Waals surface area (Å²) in [4.78, 5) is 13.6. The standard InChI is InChI=1S/C13H17NO/c1-11-4-2-5-12(10-11)14-8-3-6-13(15)7-9-14/h2,4-5,10H,3,6-9H2,1H3. The van der Waals surface area contributed by atoms with Gasteiger partial charge in [-0.15, -0.1) is 0 Å². The smallest absolute Gasteiger partial charge is 0.134 e. The highest BCUT2D eigenvalue weighted by Crippen LogP contribution is 2.19. The molecule has 2 nitrogen and oxygen atoms in total. The van der Waals surface area contributed by atoms with E-state index in [-0.39, 0.29) is 0 Å². The molecule has 1 aromatic rings. The fourth-order valence-electron chi connectivity index (χ4n) is 2.05. The van der Waals surface area contributed by atoms with E-state index < -0.39 is 0 Å². The van der Waals surface area contributed by atoms with Gasteiger partial charge in [-0.05, 0) is 31.0 Å². The number of carbonyl (C=O) groups is 1. The maximum absolute atomic E-state index is 11.3. The van der Waals surface area contributed by atoms with Crippen molar-refractivity contribution in [1.29, 1.82) is 0 Å². The Morgan fingerprint density at radius 3 is 2.87 bits per heavy atom. The predicted molar refractivity (Wildman–Crippen MR) is 62.3 cm³/mol. The molecule has 0 amide bonds. The molecule has 0 aliphatic carbocycles. The molecule has 0 unspecified atom stereocenters. The molecule has 0 saturated carbocycles. The number of carbonyl (C=O) groups excluding carboxylic acids is 1. The van der Waals surface area contributed by atoms with Gasteiger partial charge < -0.3 is 4.90 Å². The highest BCUT2D eigenvalue weighted by Gasteiger charge is 2.13. The van der Waals surface area contributed by atoms with Gasteiger partial charge in [-0.1, -0.05) is 12.1 Å². The first kappa shape index (κ1) is 10.2. The van der Waals surface area contributed by atoms with E-state index in [2.05, 4.69) is 36.1 Å². The van der Waals surface area contributed by atoms with Crippen LogP contribution in [0.3, 0.4) is 0 Å². The van der Waals surface area contributed by atoms with Gasteiger partial charge in [0.25, 0.3) is 0 Å². The molecule has 1 aliphatic rings. The molecule has 1 fully saturated rings. The van der Waals surface area contributed by atoms with Gasteiger partial charge in [0, 0.05) is 31.6 Å². The fourth-order valence-corrected chi connectivity index (χ4v) is 2.05. The lowest BCUT2D eigenvalue weighted by Gasteiger charge is -2.22. The van der Waals surface area contributed by atoms with Crippen LogP contribution in [0.25, 0.3) is 0 Å². The minimum absolute atomic E-state index is 0.408. The van der Waals surface area contributed by atoms with Gasteiger partial charge in [0.05, 0.1) is 0 Å². The zero-order valence-electron chi connectivity index (χ0n) is 9.20. The summed E-state index contributed by atoms with van der Waals surface area (Å²) >= 11 is 0. The number of benzene rings is 1. The number of nitrogens with zero attached hydrogens (tertiary/aromatic N) is 1. The SMILES string of the molecule is Cc1cccc(N2CCCC(=O)CC2)c1. The van der Waals surface area contributed by atoms with Crippen molar-refractivity contribution >= 4 is 11.5 Å². The van der Waals surface area contributed by atoms with Crippen molar-refractivity contribution in [3.63, 3.8) is 0 Å². The van der Waals surface area contributed by atoms with Crippen LogP contribution in [0.15, 0.2) is 24.3 Å². The van der Waals surface area contributed by atoms with Crippen LogP contribution in [-0.4, -0.2) is 18.9 Å². The molecular formula is C13H17NO. The fraction of sp³-hybridized carbons (Fsp3) is 0.462. The van der Waals surface area contributed by atoms with E-state index in [0.717, 1.165) is 25.9 Å². The third-order valence-electron chi connectivity index (χ3n) is 2.91. The predicted octanol–water partition coefficient (Wildman–Crippen LogP) is 2.55. The molecule has 0 N–H and O–H groups in total. The second-order valence-electron chi connectivity index (χ2n) is 4.22. The Bertz CT molecular complexity index is 359. The van der Waals surface area contributed by atoms with Crippen molar-refractivity contribution in [2.45, 2.75) is 26.2 Å². The van der Waals surface area contributed by atoms with Gasteiger partial charge in [0.1, 0.15) is 5.78 Å². The van der Waals surface area contributed by atoms with Gasteiger partial charge >= 0.3 is 0 Å². The van der Waals surface area contributed by atoms with Crippen LogP contribution < -0.4 is 4.90 Å². The largest absolute Gasteiger partial charge is 0.371 e. The summed E-state index contributed by atoms with van der Waals surface area (Å²) in [6, 6.07) is 8.50. The van der Waals surface area contributed by atoms with Crippen LogP contribution >= 0.6 is 0 Å². The van der Waals surface area contributed by atoms with Gasteiger partial charge in [-0.25, -0.2) is 0 Å². The molecular weight excluding hydrogens is 186 g/mol. The number of hydrogen-bond acceptors (Lipinski definition) is 2. The van der Waals surface area contributed by atoms with E-state index in [0.29, 0.717) is 12.2 Å². The molecule has 1 saturated heterocycles. The van der Waals surface area contributed by atoms with Gasteiger partial charge in [-0.2, -0.15) is 0 Å². The van der Waals surface area contributed by atoms with E-state index >= 15 is 0 Å². The number of Topliss-reactive ketones (excluding diaryl/α,β-unsaturated/α-hetero) is 1. The normalized spacial score (nSPS) is 17.7. The van der Waals surface area contributed by atoms with E-state index in [4.69, 9.17) is 0 Å². The zero-order chi connectivity index (χ0) is 10.7. The van der Waals surface area contributed by atoms with E-state index in [1.54, 1.807) is 0 Å². The van der Waals surface area contributed by atoms with Crippen LogP contribution in [-0.2, 0) is 4.79 Å². The number of rotatable bonds is 1. The minimum Gasteiger partial charge on any atom is -0.371 e. The average Bonchev–Trinajstić information content (AvgIpc) is 2.43. The monoisotopic (exact) mass is 203 g/mol. The lowest BCUT2D eigenvalue weighted by Crippen LogP contribution is -2.24. The van der Waals surface area contributed by atoms with Crippen molar-refractivity contribution in [2.24, 2.45) is 0 Å². The quantitative estimate of drug-likeness (QED) is 0.699. The zero-order valence-corrected chi connectivity index (χ0v) is 9.20. The summed E-state index contributed by atoms with van der Waals surface area (Å²) in [6.45, 7) is 3.99. The summed E-state index contributed by atoms with van der Waals surface area (Å²) < 4.78 is 0. The highest BCUT2D eigenvalue weighted by molar-refractivity contribution is 5.79. The number of hydrogen-bond donors (Lipinski definition) is 0. The first-order valence-electron chi connectivity index (χ1n) is 5.59. The van der Waals surface area contributed by atoms with E-state index in [1.807, 2.05) is 0 Å². The van der Waals surface area contributed by atoms with Crippen LogP contribution in [0.2, 0.25) is 0 Å². The third-order valence-corrected chi connectivity index (χ3v) is 2.91. The van der Waals surface area contributed by atoms with Gasteiger partial charge in [0.15, 0.2) is 0 Å². The second-order valence-corrected chi connectivity index (χ2v) is 4.22. The Kier molecular flexibility index (Phi) is 3.05. The molecule has 1 aliphatic heterocycles. The maximum atomic E-state index is 11.3. The molecule has 15 heavy (non-hydrogen) atoms. The molecule has 1 aromatic carbocycles. The third kappa shape index (κ3) is 2.58. The van der Waals surface area contributed by atoms with E-state index in [9.17, 15) is 4.79 Å². The lowest BCUT2D eigenvalue weighted by molar-refractivity contribution is -0.118. The summed E-state index contributed by atoms with van der Waals surface area (Å²) in [7, 11) is 0. The molecule has 2 heteroatoms. The Labute approximate surface area is 90.9 Å². The van der Waals surface area contributed by atoms with Crippen molar-refractivity contribution in [1.82, 2.24) is 0 Å². The van der Waals surface area contributed by atoms with Crippen molar-refractivity contribution < 1.29 is 4.79 Å². The molecule has 80 valence electrons. The number of ketones is 1. The van der Waals surface area contributed by atoms with Crippen LogP contribution in [0.1, 0.15) is 24.8 Å².